The van der Waals surface area contributed by atoms with Gasteiger partial charge in [-0.25, -0.2) is 4.79 Å². The summed E-state index contributed by atoms with van der Waals surface area (Å²) >= 11 is 0. The van der Waals surface area contributed by atoms with E-state index in [1.54, 1.807) is 31.2 Å². The summed E-state index contributed by atoms with van der Waals surface area (Å²) in [4.78, 5) is 25.5. The van der Waals surface area contributed by atoms with Crippen LogP contribution in [0.4, 0.5) is 0 Å². The van der Waals surface area contributed by atoms with Gasteiger partial charge in [-0.2, -0.15) is 5.26 Å². The summed E-state index contributed by atoms with van der Waals surface area (Å²) in [5.74, 6) is -0.613. The summed E-state index contributed by atoms with van der Waals surface area (Å²) in [5.41, 5.74) is 0.0580. The second-order valence-electron chi connectivity index (χ2n) is 5.60. The van der Waals surface area contributed by atoms with Crippen molar-refractivity contribution < 1.29 is 19.4 Å². The third kappa shape index (κ3) is 2.98. The van der Waals surface area contributed by atoms with Gasteiger partial charge in [0.1, 0.15) is 11.6 Å². The number of carbonyl (C=O) groups excluding carboxylic acids is 1. The number of benzene rings is 1. The Labute approximate surface area is 154 Å². The van der Waals surface area contributed by atoms with Gasteiger partial charge in [-0.1, -0.05) is 12.1 Å². The average molecular weight is 364 g/mol. The van der Waals surface area contributed by atoms with Crippen LogP contribution in [0, 0.1) is 11.3 Å². The minimum absolute atomic E-state index is 0.0816. The van der Waals surface area contributed by atoms with Gasteiger partial charge >= 0.3 is 5.97 Å². The van der Waals surface area contributed by atoms with Gasteiger partial charge in [0.15, 0.2) is 11.5 Å². The molecule has 1 N–H and O–H groups in total. The van der Waals surface area contributed by atoms with Crippen LogP contribution in [0.5, 0.6) is 11.5 Å². The number of hydrogen-bond donors (Lipinski definition) is 1. The molecule has 0 saturated heterocycles. The molecule has 0 fully saturated rings. The Morgan fingerprint density at radius 3 is 2.70 bits per heavy atom. The zero-order valence-electron chi connectivity index (χ0n) is 14.7. The molecule has 27 heavy (non-hydrogen) atoms. The van der Waals surface area contributed by atoms with Crippen LogP contribution in [0.2, 0.25) is 0 Å². The van der Waals surface area contributed by atoms with Crippen LogP contribution in [0.25, 0.3) is 16.6 Å². The summed E-state index contributed by atoms with van der Waals surface area (Å²) in [6, 6.07) is 11.2. The van der Waals surface area contributed by atoms with Crippen LogP contribution >= 0.6 is 0 Å². The lowest BCUT2D eigenvalue weighted by molar-refractivity contribution is 0.0529. The Hall–Kier alpha value is -3.79. The number of aromatic nitrogens is 1. The highest BCUT2D eigenvalue weighted by atomic mass is 16.5. The molecular weight excluding hydrogens is 348 g/mol. The van der Waals surface area contributed by atoms with Crippen LogP contribution < -0.4 is 10.3 Å². The fraction of sp³-hybridized carbons (Fsp3) is 0.150. The second kappa shape index (κ2) is 7.22. The Morgan fingerprint density at radius 2 is 2.07 bits per heavy atom. The van der Waals surface area contributed by atoms with Crippen molar-refractivity contribution in [2.75, 3.05) is 13.7 Å². The van der Waals surface area contributed by atoms with E-state index in [1.807, 2.05) is 6.07 Å². The lowest BCUT2D eigenvalue weighted by atomic mass is 9.94. The fourth-order valence-electron chi connectivity index (χ4n) is 2.95. The SMILES string of the molecule is CCOC(=O)c1c(-c2ccc(OC)c(O)c2)c(C#N)c(=O)n2ccccc12. The molecule has 2 heterocycles. The maximum atomic E-state index is 12.8. The molecule has 0 radical (unpaired) electrons. The number of ether oxygens (including phenoxy) is 2. The molecule has 0 atom stereocenters. The van der Waals surface area contributed by atoms with Crippen LogP contribution in [0.1, 0.15) is 22.8 Å². The van der Waals surface area contributed by atoms with Crippen molar-refractivity contribution in [2.45, 2.75) is 6.92 Å². The number of aromatic hydroxyl groups is 1. The number of esters is 1. The van der Waals surface area contributed by atoms with E-state index in [0.717, 1.165) is 0 Å². The van der Waals surface area contributed by atoms with Crippen molar-refractivity contribution in [2.24, 2.45) is 0 Å². The molecule has 0 spiro atoms. The monoisotopic (exact) mass is 364 g/mol. The summed E-state index contributed by atoms with van der Waals surface area (Å²) in [6.45, 7) is 1.80. The maximum Gasteiger partial charge on any atom is 0.340 e. The lowest BCUT2D eigenvalue weighted by Gasteiger charge is -2.15. The van der Waals surface area contributed by atoms with Crippen LogP contribution in [-0.2, 0) is 4.74 Å². The summed E-state index contributed by atoms with van der Waals surface area (Å²) in [6.07, 6.45) is 1.48. The standard InChI is InChI=1S/C20H16N2O5/c1-3-27-20(25)18-14-6-4-5-9-22(14)19(24)13(11-21)17(18)12-7-8-16(26-2)15(23)10-12/h4-10,23H,3H2,1-2H3. The van der Waals surface area contributed by atoms with Crippen LogP contribution in [-0.4, -0.2) is 29.2 Å². The average Bonchev–Trinajstić information content (AvgIpc) is 2.68. The smallest absolute Gasteiger partial charge is 0.340 e. The van der Waals surface area contributed by atoms with E-state index in [2.05, 4.69) is 0 Å². The first kappa shape index (κ1) is 18.0. The van der Waals surface area contributed by atoms with Crippen LogP contribution in [0.3, 0.4) is 0 Å². The minimum Gasteiger partial charge on any atom is -0.504 e. The van der Waals surface area contributed by atoms with E-state index < -0.39 is 11.5 Å². The molecule has 0 saturated carbocycles. The molecule has 0 aliphatic rings. The van der Waals surface area contributed by atoms with Gasteiger partial charge in [-0.3, -0.25) is 9.20 Å². The highest BCUT2D eigenvalue weighted by Gasteiger charge is 2.25. The van der Waals surface area contributed by atoms with Gasteiger partial charge in [-0.15, -0.1) is 0 Å². The Morgan fingerprint density at radius 1 is 1.30 bits per heavy atom. The number of phenolic OH excluding ortho intramolecular Hbond substituents is 1. The normalized spacial score (nSPS) is 10.4. The Balaban J connectivity index is 2.48. The third-order valence-corrected chi connectivity index (χ3v) is 4.11. The van der Waals surface area contributed by atoms with Crippen molar-refractivity contribution in [3.63, 3.8) is 0 Å². The summed E-state index contributed by atoms with van der Waals surface area (Å²) in [7, 11) is 1.40. The molecule has 0 amide bonds. The first-order chi connectivity index (χ1) is 13.0. The number of carbonyl (C=O) groups is 1. The molecule has 0 aliphatic carbocycles. The van der Waals surface area contributed by atoms with Crippen molar-refractivity contribution >= 4 is 11.5 Å². The predicted molar refractivity (Wildman–Crippen MR) is 98.0 cm³/mol. The molecular formula is C20H16N2O5. The molecule has 7 nitrogen and oxygen atoms in total. The van der Waals surface area contributed by atoms with Crippen LogP contribution in [0.15, 0.2) is 47.4 Å². The molecule has 3 aromatic rings. The summed E-state index contributed by atoms with van der Waals surface area (Å²) in [5, 5.41) is 19.7. The van der Waals surface area contributed by atoms with Crippen molar-refractivity contribution in [1.29, 1.82) is 5.26 Å². The fourth-order valence-corrected chi connectivity index (χ4v) is 2.95. The number of nitriles is 1. The molecule has 2 aromatic heterocycles. The first-order valence-electron chi connectivity index (χ1n) is 8.15. The van der Waals surface area contributed by atoms with Gasteiger partial charge in [0.05, 0.1) is 24.8 Å². The molecule has 3 rings (SSSR count). The zero-order chi connectivity index (χ0) is 19.6. The molecule has 0 unspecified atom stereocenters. The molecule has 0 bridgehead atoms. The largest absolute Gasteiger partial charge is 0.504 e. The number of nitrogens with zero attached hydrogens (tertiary/aromatic N) is 2. The number of phenols is 1. The van der Waals surface area contributed by atoms with E-state index in [9.17, 15) is 20.0 Å². The minimum atomic E-state index is -0.664. The molecule has 1 aromatic carbocycles. The number of fused-ring (bicyclic) bond motifs is 1. The van der Waals surface area contributed by atoms with Gasteiger partial charge in [0.25, 0.3) is 5.56 Å². The van der Waals surface area contributed by atoms with E-state index in [0.29, 0.717) is 11.1 Å². The quantitative estimate of drug-likeness (QED) is 0.715. The first-order valence-corrected chi connectivity index (χ1v) is 8.15. The second-order valence-corrected chi connectivity index (χ2v) is 5.60. The molecule has 7 heteroatoms. The van der Waals surface area contributed by atoms with Gasteiger partial charge in [0, 0.05) is 11.8 Å². The predicted octanol–water partition coefficient (Wildman–Crippen LogP) is 2.73. The molecule has 136 valence electrons. The van der Waals surface area contributed by atoms with E-state index in [4.69, 9.17) is 9.47 Å². The van der Waals surface area contributed by atoms with E-state index in [1.165, 1.54) is 29.8 Å². The highest BCUT2D eigenvalue weighted by molar-refractivity contribution is 6.05. The van der Waals surface area contributed by atoms with E-state index in [-0.39, 0.29) is 34.8 Å². The number of pyridine rings is 2. The van der Waals surface area contributed by atoms with Gasteiger partial charge < -0.3 is 14.6 Å². The number of hydrogen-bond acceptors (Lipinski definition) is 6. The zero-order valence-corrected chi connectivity index (χ0v) is 14.7. The van der Waals surface area contributed by atoms with Crippen molar-refractivity contribution in [3.05, 3.63) is 64.1 Å². The third-order valence-electron chi connectivity index (χ3n) is 4.11. The lowest BCUT2D eigenvalue weighted by Crippen LogP contribution is -2.22. The van der Waals surface area contributed by atoms with Gasteiger partial charge in [0.2, 0.25) is 0 Å². The van der Waals surface area contributed by atoms with Gasteiger partial charge in [-0.05, 0) is 36.8 Å². The summed E-state index contributed by atoms with van der Waals surface area (Å²) < 4.78 is 11.4. The maximum absolute atomic E-state index is 12.8. The Kier molecular flexibility index (Phi) is 4.81. The van der Waals surface area contributed by atoms with E-state index >= 15 is 0 Å². The van der Waals surface area contributed by atoms with Crippen molar-refractivity contribution in [1.82, 2.24) is 4.40 Å². The number of rotatable bonds is 4. The number of methoxy groups -OCH3 is 1. The highest BCUT2D eigenvalue weighted by Crippen LogP contribution is 2.35. The van der Waals surface area contributed by atoms with Crippen molar-refractivity contribution in [3.8, 4) is 28.7 Å². The Bertz CT molecular complexity index is 1140. The molecule has 0 aliphatic heterocycles. The topological polar surface area (TPSA) is 101 Å².